The fourth-order valence-electron chi connectivity index (χ4n) is 3.35. The number of nitrogens with zero attached hydrogens (tertiary/aromatic N) is 2. The molecule has 0 aliphatic carbocycles. The fourth-order valence-corrected chi connectivity index (χ4v) is 3.35. The Kier molecular flexibility index (Phi) is 5.48. The van der Waals surface area contributed by atoms with Gasteiger partial charge in [-0.3, -0.25) is 5.43 Å². The highest BCUT2D eigenvalue weighted by Crippen LogP contribution is 2.32. The summed E-state index contributed by atoms with van der Waals surface area (Å²) in [7, 11) is 3.21. The van der Waals surface area contributed by atoms with E-state index in [4.69, 9.17) is 14.5 Å². The molecule has 1 aliphatic rings. The monoisotopic (exact) mass is 403 g/mol. The zero-order valence-corrected chi connectivity index (χ0v) is 17.1. The van der Waals surface area contributed by atoms with E-state index in [-0.39, 0.29) is 5.82 Å². The van der Waals surface area contributed by atoms with E-state index < -0.39 is 0 Å². The molecule has 0 spiro atoms. The molecule has 0 atom stereocenters. The standard InChI is InChI=1S/C24H22FN3O2/c1-4-15-5-11-20-19(13-15)23(17-8-12-21(29-2)22(14-17)30-3)27-28-24(26-20)16-6-9-18(25)10-7-16/h5-14H,4H2,1-3H3,(H,26,28). The number of fused-ring (bicyclic) bond motifs is 1. The molecular formula is C24H22FN3O2. The van der Waals surface area contributed by atoms with Gasteiger partial charge in [0.1, 0.15) is 11.5 Å². The van der Waals surface area contributed by atoms with E-state index in [1.54, 1.807) is 26.4 Å². The van der Waals surface area contributed by atoms with Crippen LogP contribution < -0.4 is 14.9 Å². The van der Waals surface area contributed by atoms with E-state index in [0.29, 0.717) is 17.3 Å². The molecule has 152 valence electrons. The van der Waals surface area contributed by atoms with E-state index in [2.05, 4.69) is 29.6 Å². The highest BCUT2D eigenvalue weighted by molar-refractivity contribution is 6.18. The van der Waals surface area contributed by atoms with E-state index in [0.717, 1.165) is 34.5 Å². The van der Waals surface area contributed by atoms with Crippen molar-refractivity contribution in [3.05, 3.63) is 88.7 Å². The molecular weight excluding hydrogens is 381 g/mol. The third-order valence-electron chi connectivity index (χ3n) is 5.00. The Hall–Kier alpha value is -3.67. The van der Waals surface area contributed by atoms with E-state index in [1.165, 1.54) is 17.7 Å². The Morgan fingerprint density at radius 1 is 0.867 bits per heavy atom. The minimum absolute atomic E-state index is 0.296. The van der Waals surface area contributed by atoms with E-state index in [1.807, 2.05) is 24.3 Å². The van der Waals surface area contributed by atoms with Gasteiger partial charge in [0, 0.05) is 16.7 Å². The van der Waals surface area contributed by atoms with Gasteiger partial charge in [-0.1, -0.05) is 13.0 Å². The van der Waals surface area contributed by atoms with Gasteiger partial charge >= 0.3 is 0 Å². The van der Waals surface area contributed by atoms with Crippen molar-refractivity contribution < 1.29 is 13.9 Å². The number of nitrogens with one attached hydrogen (secondary N) is 1. The number of hydrazone groups is 1. The number of aliphatic imine (C=N–C) groups is 1. The third kappa shape index (κ3) is 3.76. The smallest absolute Gasteiger partial charge is 0.161 e. The second kappa shape index (κ2) is 8.37. The fraction of sp³-hybridized carbons (Fsp3) is 0.167. The Labute approximate surface area is 174 Å². The number of hydrogen-bond donors (Lipinski definition) is 1. The van der Waals surface area contributed by atoms with Crippen LogP contribution in [0.15, 0.2) is 70.8 Å². The lowest BCUT2D eigenvalue weighted by atomic mass is 9.97. The first kappa shape index (κ1) is 19.6. The zero-order chi connectivity index (χ0) is 21.1. The molecule has 4 rings (SSSR count). The van der Waals surface area contributed by atoms with Crippen LogP contribution in [-0.4, -0.2) is 25.8 Å². The molecule has 3 aromatic carbocycles. The SMILES string of the molecule is CCc1ccc2c(c1)C(c1ccc(OC)c(OC)c1)=NNC(c1ccc(F)cc1)=N2. The topological polar surface area (TPSA) is 55.2 Å². The molecule has 0 aromatic heterocycles. The number of halogens is 1. The average Bonchev–Trinajstić information content (AvgIpc) is 2.98. The summed E-state index contributed by atoms with van der Waals surface area (Å²) >= 11 is 0. The Morgan fingerprint density at radius 3 is 2.30 bits per heavy atom. The molecule has 0 saturated heterocycles. The molecule has 0 bridgehead atoms. The van der Waals surface area contributed by atoms with Gasteiger partial charge in [-0.25, -0.2) is 9.38 Å². The highest BCUT2D eigenvalue weighted by atomic mass is 19.1. The highest BCUT2D eigenvalue weighted by Gasteiger charge is 2.19. The summed E-state index contributed by atoms with van der Waals surface area (Å²) in [6, 6.07) is 18.0. The number of aryl methyl sites for hydroxylation is 1. The van der Waals surface area contributed by atoms with Gasteiger partial charge in [0.2, 0.25) is 0 Å². The van der Waals surface area contributed by atoms with Crippen LogP contribution in [0.1, 0.15) is 29.2 Å². The second-order valence-corrected chi connectivity index (χ2v) is 6.81. The number of ether oxygens (including phenoxy) is 2. The predicted molar refractivity (Wildman–Crippen MR) is 117 cm³/mol. The largest absolute Gasteiger partial charge is 0.493 e. The quantitative estimate of drug-likeness (QED) is 0.663. The van der Waals surface area contributed by atoms with E-state index >= 15 is 0 Å². The normalized spacial score (nSPS) is 12.8. The summed E-state index contributed by atoms with van der Waals surface area (Å²) in [6.07, 6.45) is 0.897. The van der Waals surface area contributed by atoms with Gasteiger partial charge in [0.25, 0.3) is 0 Å². The maximum Gasteiger partial charge on any atom is 0.161 e. The zero-order valence-electron chi connectivity index (χ0n) is 17.1. The van der Waals surface area contributed by atoms with Crippen molar-refractivity contribution >= 4 is 17.2 Å². The van der Waals surface area contributed by atoms with Crippen molar-refractivity contribution in [1.82, 2.24) is 5.43 Å². The number of rotatable bonds is 5. The van der Waals surface area contributed by atoms with Gasteiger partial charge < -0.3 is 9.47 Å². The van der Waals surface area contributed by atoms with Gasteiger partial charge in [-0.15, -0.1) is 0 Å². The van der Waals surface area contributed by atoms with Gasteiger partial charge in [0.05, 0.1) is 19.9 Å². The van der Waals surface area contributed by atoms with Crippen LogP contribution >= 0.6 is 0 Å². The molecule has 6 heteroatoms. The Balaban J connectivity index is 1.86. The number of hydrogen-bond acceptors (Lipinski definition) is 5. The molecule has 5 nitrogen and oxygen atoms in total. The van der Waals surface area contributed by atoms with Gasteiger partial charge in [0.15, 0.2) is 17.3 Å². The molecule has 0 amide bonds. The van der Waals surface area contributed by atoms with Crippen LogP contribution in [0.25, 0.3) is 0 Å². The first-order valence-electron chi connectivity index (χ1n) is 9.67. The van der Waals surface area contributed by atoms with Crippen molar-refractivity contribution in [3.63, 3.8) is 0 Å². The van der Waals surface area contributed by atoms with Crippen molar-refractivity contribution in [3.8, 4) is 11.5 Å². The van der Waals surface area contributed by atoms with Crippen LogP contribution in [0.4, 0.5) is 10.1 Å². The minimum atomic E-state index is -0.296. The summed E-state index contributed by atoms with van der Waals surface area (Å²) in [5.74, 6) is 1.52. The Morgan fingerprint density at radius 2 is 1.60 bits per heavy atom. The lowest BCUT2D eigenvalue weighted by Gasteiger charge is -2.12. The van der Waals surface area contributed by atoms with Gasteiger partial charge in [-0.05, 0) is 66.6 Å². The van der Waals surface area contributed by atoms with Crippen molar-refractivity contribution in [2.45, 2.75) is 13.3 Å². The maximum absolute atomic E-state index is 13.4. The molecule has 0 unspecified atom stereocenters. The van der Waals surface area contributed by atoms with Crippen molar-refractivity contribution in [2.75, 3.05) is 14.2 Å². The predicted octanol–water partition coefficient (Wildman–Crippen LogP) is 4.84. The summed E-state index contributed by atoms with van der Waals surface area (Å²) in [4.78, 5) is 4.78. The summed E-state index contributed by atoms with van der Waals surface area (Å²) < 4.78 is 24.2. The molecule has 0 saturated carbocycles. The third-order valence-corrected chi connectivity index (χ3v) is 5.00. The first-order chi connectivity index (χ1) is 14.6. The summed E-state index contributed by atoms with van der Waals surface area (Å²) in [5, 5.41) is 4.67. The van der Waals surface area contributed by atoms with Crippen LogP contribution in [0, 0.1) is 5.82 Å². The number of amidine groups is 1. The molecule has 1 aliphatic heterocycles. The van der Waals surface area contributed by atoms with Crippen LogP contribution in [0.2, 0.25) is 0 Å². The minimum Gasteiger partial charge on any atom is -0.493 e. The lowest BCUT2D eigenvalue weighted by molar-refractivity contribution is 0.355. The molecule has 1 N–H and O–H groups in total. The summed E-state index contributed by atoms with van der Waals surface area (Å²) in [6.45, 7) is 2.11. The molecule has 3 aromatic rings. The van der Waals surface area contributed by atoms with Crippen molar-refractivity contribution in [2.24, 2.45) is 10.1 Å². The van der Waals surface area contributed by atoms with Gasteiger partial charge in [-0.2, -0.15) is 5.10 Å². The molecule has 30 heavy (non-hydrogen) atoms. The lowest BCUT2D eigenvalue weighted by Crippen LogP contribution is -2.19. The second-order valence-electron chi connectivity index (χ2n) is 6.81. The number of benzene rings is 3. The average molecular weight is 403 g/mol. The van der Waals surface area contributed by atoms with Crippen LogP contribution in [0.5, 0.6) is 11.5 Å². The van der Waals surface area contributed by atoms with Crippen LogP contribution in [-0.2, 0) is 6.42 Å². The van der Waals surface area contributed by atoms with E-state index in [9.17, 15) is 4.39 Å². The first-order valence-corrected chi connectivity index (χ1v) is 9.67. The molecule has 0 radical (unpaired) electrons. The van der Waals surface area contributed by atoms with Crippen molar-refractivity contribution in [1.29, 1.82) is 0 Å². The maximum atomic E-state index is 13.4. The number of methoxy groups -OCH3 is 2. The molecule has 0 fully saturated rings. The molecule has 1 heterocycles. The van der Waals surface area contributed by atoms with Crippen LogP contribution in [0.3, 0.4) is 0 Å². The Bertz CT molecular complexity index is 1140. The summed E-state index contributed by atoms with van der Waals surface area (Å²) in [5.41, 5.74) is 8.29.